The summed E-state index contributed by atoms with van der Waals surface area (Å²) in [7, 11) is 1.51. The molecule has 0 fully saturated rings. The highest BCUT2D eigenvalue weighted by atomic mass is 16.5. The number of aromatic nitrogens is 2. The Kier molecular flexibility index (Phi) is 3.39. The summed E-state index contributed by atoms with van der Waals surface area (Å²) >= 11 is 0. The lowest BCUT2D eigenvalue weighted by atomic mass is 10.0. The van der Waals surface area contributed by atoms with E-state index in [4.69, 9.17) is 9.84 Å². The Morgan fingerprint density at radius 1 is 1.71 bits per heavy atom. The Bertz CT molecular complexity index is 328. The molecule has 14 heavy (non-hydrogen) atoms. The van der Waals surface area contributed by atoms with E-state index in [0.29, 0.717) is 11.4 Å². The van der Waals surface area contributed by atoms with Crippen LogP contribution in [0.25, 0.3) is 0 Å². The number of rotatable bonds is 4. The third kappa shape index (κ3) is 2.42. The summed E-state index contributed by atoms with van der Waals surface area (Å²) in [6, 6.07) is 0. The SMILES string of the molecule is COc1cncnc1C(C)CC(=O)O. The highest BCUT2D eigenvalue weighted by Gasteiger charge is 2.15. The molecule has 1 aromatic rings. The van der Waals surface area contributed by atoms with E-state index in [0.717, 1.165) is 0 Å². The van der Waals surface area contributed by atoms with Crippen LogP contribution in [-0.2, 0) is 4.79 Å². The Hall–Kier alpha value is -1.65. The van der Waals surface area contributed by atoms with Crippen LogP contribution in [-0.4, -0.2) is 28.2 Å². The van der Waals surface area contributed by atoms with Crippen molar-refractivity contribution in [2.24, 2.45) is 0 Å². The molecule has 1 aromatic heterocycles. The second kappa shape index (κ2) is 4.55. The number of hydrogen-bond acceptors (Lipinski definition) is 4. The van der Waals surface area contributed by atoms with E-state index in [1.807, 2.05) is 0 Å². The molecule has 0 bridgehead atoms. The summed E-state index contributed by atoms with van der Waals surface area (Å²) in [6.07, 6.45) is 2.95. The van der Waals surface area contributed by atoms with Crippen LogP contribution in [0.5, 0.6) is 5.75 Å². The van der Waals surface area contributed by atoms with Crippen molar-refractivity contribution in [2.45, 2.75) is 19.3 Å². The maximum absolute atomic E-state index is 10.5. The van der Waals surface area contributed by atoms with Crippen LogP contribution in [0.4, 0.5) is 0 Å². The minimum absolute atomic E-state index is 0.0351. The van der Waals surface area contributed by atoms with Gasteiger partial charge in [0.1, 0.15) is 6.33 Å². The maximum atomic E-state index is 10.5. The van der Waals surface area contributed by atoms with Gasteiger partial charge in [0, 0.05) is 5.92 Å². The number of nitrogens with zero attached hydrogens (tertiary/aromatic N) is 2. The molecule has 76 valence electrons. The summed E-state index contributed by atoms with van der Waals surface area (Å²) < 4.78 is 5.03. The molecule has 0 saturated heterocycles. The van der Waals surface area contributed by atoms with Crippen molar-refractivity contribution >= 4 is 5.97 Å². The van der Waals surface area contributed by atoms with Crippen LogP contribution in [0, 0.1) is 0 Å². The lowest BCUT2D eigenvalue weighted by Gasteiger charge is -2.11. The number of carbonyl (C=O) groups is 1. The fourth-order valence-electron chi connectivity index (χ4n) is 1.21. The first-order valence-electron chi connectivity index (χ1n) is 4.20. The number of hydrogen-bond donors (Lipinski definition) is 1. The number of carboxylic acid groups (broad SMARTS) is 1. The van der Waals surface area contributed by atoms with E-state index in [-0.39, 0.29) is 12.3 Å². The molecular formula is C9H12N2O3. The lowest BCUT2D eigenvalue weighted by molar-refractivity contribution is -0.137. The van der Waals surface area contributed by atoms with Gasteiger partial charge in [-0.25, -0.2) is 9.97 Å². The molecule has 1 unspecified atom stereocenters. The lowest BCUT2D eigenvalue weighted by Crippen LogP contribution is -2.06. The zero-order chi connectivity index (χ0) is 10.6. The van der Waals surface area contributed by atoms with Crippen molar-refractivity contribution in [3.05, 3.63) is 18.2 Å². The molecule has 1 rings (SSSR count). The highest BCUT2D eigenvalue weighted by Crippen LogP contribution is 2.24. The molecule has 0 aliphatic rings. The quantitative estimate of drug-likeness (QED) is 0.779. The van der Waals surface area contributed by atoms with Crippen molar-refractivity contribution in [1.29, 1.82) is 0 Å². The smallest absolute Gasteiger partial charge is 0.304 e. The van der Waals surface area contributed by atoms with Gasteiger partial charge in [-0.1, -0.05) is 6.92 Å². The molecule has 0 saturated carbocycles. The predicted octanol–water partition coefficient (Wildman–Crippen LogP) is 1.06. The molecule has 0 amide bonds. The molecule has 1 atom stereocenters. The monoisotopic (exact) mass is 196 g/mol. The Morgan fingerprint density at radius 3 is 3.00 bits per heavy atom. The average molecular weight is 196 g/mol. The standard InChI is InChI=1S/C9H12N2O3/c1-6(3-8(12)13)9-7(14-2)4-10-5-11-9/h4-6H,3H2,1-2H3,(H,12,13). The first kappa shape index (κ1) is 10.4. The normalized spacial score (nSPS) is 12.1. The minimum Gasteiger partial charge on any atom is -0.493 e. The second-order valence-corrected chi connectivity index (χ2v) is 2.98. The van der Waals surface area contributed by atoms with E-state index in [1.165, 1.54) is 19.6 Å². The van der Waals surface area contributed by atoms with Gasteiger partial charge in [-0.05, 0) is 0 Å². The molecule has 1 heterocycles. The van der Waals surface area contributed by atoms with Crippen LogP contribution in [0.15, 0.2) is 12.5 Å². The van der Waals surface area contributed by atoms with Gasteiger partial charge in [0.25, 0.3) is 0 Å². The molecule has 0 radical (unpaired) electrons. The van der Waals surface area contributed by atoms with Crippen molar-refractivity contribution in [3.8, 4) is 5.75 Å². The number of ether oxygens (including phenoxy) is 1. The zero-order valence-corrected chi connectivity index (χ0v) is 8.10. The fourth-order valence-corrected chi connectivity index (χ4v) is 1.21. The number of carboxylic acids is 1. The number of aliphatic carboxylic acids is 1. The van der Waals surface area contributed by atoms with Crippen LogP contribution in [0.1, 0.15) is 25.0 Å². The fraction of sp³-hybridized carbons (Fsp3) is 0.444. The average Bonchev–Trinajstić information content (AvgIpc) is 2.16. The molecule has 0 aliphatic heterocycles. The Labute approximate surface area is 81.8 Å². The first-order valence-corrected chi connectivity index (χ1v) is 4.20. The number of methoxy groups -OCH3 is 1. The molecule has 0 aromatic carbocycles. The van der Waals surface area contributed by atoms with E-state index in [1.54, 1.807) is 6.92 Å². The highest BCUT2D eigenvalue weighted by molar-refractivity contribution is 5.68. The van der Waals surface area contributed by atoms with E-state index in [2.05, 4.69) is 9.97 Å². The van der Waals surface area contributed by atoms with Gasteiger partial charge in [0.2, 0.25) is 0 Å². The van der Waals surface area contributed by atoms with E-state index in [9.17, 15) is 4.79 Å². The molecule has 5 heteroatoms. The molecule has 1 N–H and O–H groups in total. The predicted molar refractivity (Wildman–Crippen MR) is 49.3 cm³/mol. The summed E-state index contributed by atoms with van der Waals surface area (Å²) in [5, 5.41) is 8.62. The van der Waals surface area contributed by atoms with Crippen LogP contribution in [0.3, 0.4) is 0 Å². The molecular weight excluding hydrogens is 184 g/mol. The topological polar surface area (TPSA) is 72.3 Å². The third-order valence-corrected chi connectivity index (χ3v) is 1.88. The van der Waals surface area contributed by atoms with Crippen molar-refractivity contribution in [1.82, 2.24) is 9.97 Å². The Balaban J connectivity index is 2.87. The van der Waals surface area contributed by atoms with Gasteiger partial charge in [-0.15, -0.1) is 0 Å². The molecule has 5 nitrogen and oxygen atoms in total. The van der Waals surface area contributed by atoms with Crippen LogP contribution < -0.4 is 4.74 Å². The van der Waals surface area contributed by atoms with Crippen LogP contribution in [0.2, 0.25) is 0 Å². The summed E-state index contributed by atoms with van der Waals surface area (Å²) in [5.74, 6) is -0.495. The van der Waals surface area contributed by atoms with E-state index >= 15 is 0 Å². The van der Waals surface area contributed by atoms with Crippen molar-refractivity contribution < 1.29 is 14.6 Å². The van der Waals surface area contributed by atoms with Gasteiger partial charge >= 0.3 is 5.97 Å². The molecule has 0 spiro atoms. The minimum atomic E-state index is -0.849. The van der Waals surface area contributed by atoms with E-state index < -0.39 is 5.97 Å². The zero-order valence-electron chi connectivity index (χ0n) is 8.10. The first-order chi connectivity index (χ1) is 6.65. The molecule has 0 aliphatic carbocycles. The summed E-state index contributed by atoms with van der Waals surface area (Å²) in [5.41, 5.74) is 0.630. The van der Waals surface area contributed by atoms with Crippen molar-refractivity contribution in [3.63, 3.8) is 0 Å². The van der Waals surface area contributed by atoms with Gasteiger partial charge < -0.3 is 9.84 Å². The summed E-state index contributed by atoms with van der Waals surface area (Å²) in [4.78, 5) is 18.3. The maximum Gasteiger partial charge on any atom is 0.304 e. The summed E-state index contributed by atoms with van der Waals surface area (Å²) in [6.45, 7) is 1.79. The van der Waals surface area contributed by atoms with Gasteiger partial charge in [0.15, 0.2) is 5.75 Å². The largest absolute Gasteiger partial charge is 0.493 e. The van der Waals surface area contributed by atoms with Crippen LogP contribution >= 0.6 is 0 Å². The van der Waals surface area contributed by atoms with Gasteiger partial charge in [-0.2, -0.15) is 0 Å². The van der Waals surface area contributed by atoms with Gasteiger partial charge in [-0.3, -0.25) is 4.79 Å². The van der Waals surface area contributed by atoms with Crippen molar-refractivity contribution in [2.75, 3.05) is 7.11 Å². The van der Waals surface area contributed by atoms with Gasteiger partial charge in [0.05, 0.1) is 25.4 Å². The Morgan fingerprint density at radius 2 is 2.43 bits per heavy atom. The third-order valence-electron chi connectivity index (χ3n) is 1.88. The second-order valence-electron chi connectivity index (χ2n) is 2.98.